The zero-order valence-electron chi connectivity index (χ0n) is 19.1. The highest BCUT2D eigenvalue weighted by molar-refractivity contribution is 6.05. The number of nitrogens with zero attached hydrogens (tertiary/aromatic N) is 4. The largest absolute Gasteiger partial charge is 0.254 e. The van der Waals surface area contributed by atoms with Crippen LogP contribution in [0.4, 0.5) is 0 Å². The third-order valence-electron chi connectivity index (χ3n) is 6.64. The van der Waals surface area contributed by atoms with Gasteiger partial charge in [0.05, 0.1) is 33.5 Å². The maximum atomic E-state index is 5.05. The van der Waals surface area contributed by atoms with E-state index in [1.165, 1.54) is 5.56 Å². The van der Waals surface area contributed by atoms with Crippen LogP contribution in [0.5, 0.6) is 0 Å². The zero-order valence-corrected chi connectivity index (χ0v) is 19.1. The van der Waals surface area contributed by atoms with Crippen molar-refractivity contribution in [2.75, 3.05) is 0 Å². The molecular weight excluding hydrogens is 428 g/mol. The van der Waals surface area contributed by atoms with Gasteiger partial charge < -0.3 is 0 Å². The third kappa shape index (κ3) is 3.22. The van der Waals surface area contributed by atoms with Crippen molar-refractivity contribution in [2.24, 2.45) is 0 Å². The van der Waals surface area contributed by atoms with E-state index in [9.17, 15) is 0 Å². The molecule has 7 aromatic rings. The lowest BCUT2D eigenvalue weighted by Gasteiger charge is -2.10. The average Bonchev–Trinajstić information content (AvgIpc) is 2.93. The molecular formula is C31H20N4. The lowest BCUT2D eigenvalue weighted by Crippen LogP contribution is -1.92. The SMILES string of the molecule is Cc1cc2ccc(-c3cccc(-c4ccc5ccc6cccnc6c5n4)c3)nc2c2ncccc12. The second kappa shape index (κ2) is 7.67. The van der Waals surface area contributed by atoms with Crippen molar-refractivity contribution in [2.45, 2.75) is 6.92 Å². The number of hydrogen-bond acceptors (Lipinski definition) is 4. The Morgan fingerprint density at radius 3 is 1.86 bits per heavy atom. The predicted molar refractivity (Wildman–Crippen MR) is 143 cm³/mol. The van der Waals surface area contributed by atoms with Gasteiger partial charge in [-0.1, -0.05) is 54.6 Å². The van der Waals surface area contributed by atoms with Crippen molar-refractivity contribution >= 4 is 43.6 Å². The summed E-state index contributed by atoms with van der Waals surface area (Å²) in [5, 5.41) is 4.42. The highest BCUT2D eigenvalue weighted by Crippen LogP contribution is 2.31. The van der Waals surface area contributed by atoms with Gasteiger partial charge in [-0.15, -0.1) is 0 Å². The molecule has 0 amide bonds. The molecule has 7 rings (SSSR count). The van der Waals surface area contributed by atoms with Gasteiger partial charge in [0.2, 0.25) is 0 Å². The van der Waals surface area contributed by atoms with Gasteiger partial charge in [0.25, 0.3) is 0 Å². The van der Waals surface area contributed by atoms with E-state index in [0.29, 0.717) is 0 Å². The first kappa shape index (κ1) is 19.7. The maximum absolute atomic E-state index is 5.05. The molecule has 0 aliphatic rings. The minimum Gasteiger partial charge on any atom is -0.254 e. The molecule has 0 atom stereocenters. The highest BCUT2D eigenvalue weighted by Gasteiger charge is 2.11. The van der Waals surface area contributed by atoms with Crippen molar-refractivity contribution in [3.63, 3.8) is 0 Å². The molecule has 4 heterocycles. The highest BCUT2D eigenvalue weighted by atomic mass is 14.8. The fraction of sp³-hybridized carbons (Fsp3) is 0.0323. The van der Waals surface area contributed by atoms with Crippen molar-refractivity contribution in [1.29, 1.82) is 0 Å². The molecule has 0 bridgehead atoms. The van der Waals surface area contributed by atoms with Crippen LogP contribution in [0.25, 0.3) is 66.1 Å². The number of aryl methyl sites for hydroxylation is 1. The third-order valence-corrected chi connectivity index (χ3v) is 6.64. The lowest BCUT2D eigenvalue weighted by molar-refractivity contribution is 1.35. The molecule has 0 aliphatic carbocycles. The number of pyridine rings is 4. The first-order valence-electron chi connectivity index (χ1n) is 11.6. The Kier molecular flexibility index (Phi) is 4.33. The van der Waals surface area contributed by atoms with E-state index in [-0.39, 0.29) is 0 Å². The summed E-state index contributed by atoms with van der Waals surface area (Å²) in [5.74, 6) is 0. The fourth-order valence-corrected chi connectivity index (χ4v) is 4.88. The Balaban J connectivity index is 1.38. The Morgan fingerprint density at radius 2 is 1.09 bits per heavy atom. The van der Waals surface area contributed by atoms with Crippen LogP contribution in [0.15, 0.2) is 103 Å². The minimum atomic E-state index is 0.918. The van der Waals surface area contributed by atoms with Gasteiger partial charge in [0, 0.05) is 45.1 Å². The number of hydrogen-bond donors (Lipinski definition) is 0. The minimum absolute atomic E-state index is 0.918. The van der Waals surface area contributed by atoms with Crippen LogP contribution in [0.3, 0.4) is 0 Å². The summed E-state index contributed by atoms with van der Waals surface area (Å²) in [7, 11) is 0. The van der Waals surface area contributed by atoms with E-state index in [0.717, 1.165) is 66.1 Å². The predicted octanol–water partition coefficient (Wildman–Crippen LogP) is 7.52. The van der Waals surface area contributed by atoms with Crippen LogP contribution in [0.1, 0.15) is 5.56 Å². The van der Waals surface area contributed by atoms with Gasteiger partial charge in [0.15, 0.2) is 0 Å². The summed E-state index contributed by atoms with van der Waals surface area (Å²) >= 11 is 0. The van der Waals surface area contributed by atoms with E-state index in [1.54, 1.807) is 0 Å². The molecule has 4 heteroatoms. The lowest BCUT2D eigenvalue weighted by atomic mass is 10.0. The molecule has 4 nitrogen and oxygen atoms in total. The summed E-state index contributed by atoms with van der Waals surface area (Å²) < 4.78 is 0. The summed E-state index contributed by atoms with van der Waals surface area (Å²) in [6.45, 7) is 2.12. The molecule has 0 N–H and O–H groups in total. The maximum Gasteiger partial charge on any atom is 0.0972 e. The van der Waals surface area contributed by atoms with Gasteiger partial charge in [-0.05, 0) is 48.9 Å². The first-order chi connectivity index (χ1) is 17.2. The Hall–Kier alpha value is -4.70. The topological polar surface area (TPSA) is 51.6 Å². The van der Waals surface area contributed by atoms with Gasteiger partial charge in [-0.25, -0.2) is 9.97 Å². The molecule has 0 saturated carbocycles. The summed E-state index contributed by atoms with van der Waals surface area (Å²) in [5.41, 5.74) is 8.85. The summed E-state index contributed by atoms with van der Waals surface area (Å²) in [6.07, 6.45) is 3.66. The molecule has 0 radical (unpaired) electrons. The number of rotatable bonds is 2. The number of benzene rings is 3. The Morgan fingerprint density at radius 1 is 0.486 bits per heavy atom. The molecule has 0 unspecified atom stereocenters. The van der Waals surface area contributed by atoms with Crippen molar-refractivity contribution < 1.29 is 0 Å². The molecule has 35 heavy (non-hydrogen) atoms. The van der Waals surface area contributed by atoms with Crippen LogP contribution in [-0.4, -0.2) is 19.9 Å². The molecule has 164 valence electrons. The van der Waals surface area contributed by atoms with Gasteiger partial charge in [-0.3, -0.25) is 9.97 Å². The molecule has 0 spiro atoms. The van der Waals surface area contributed by atoms with Crippen LogP contribution in [0, 0.1) is 6.92 Å². The van der Waals surface area contributed by atoms with E-state index in [4.69, 9.17) is 9.97 Å². The van der Waals surface area contributed by atoms with Gasteiger partial charge in [0.1, 0.15) is 0 Å². The van der Waals surface area contributed by atoms with Crippen LogP contribution in [-0.2, 0) is 0 Å². The van der Waals surface area contributed by atoms with E-state index >= 15 is 0 Å². The summed E-state index contributed by atoms with van der Waals surface area (Å²) in [4.78, 5) is 19.3. The first-order valence-corrected chi connectivity index (χ1v) is 11.6. The monoisotopic (exact) mass is 448 g/mol. The molecule has 0 aliphatic heterocycles. The normalized spacial score (nSPS) is 11.6. The summed E-state index contributed by atoms with van der Waals surface area (Å²) in [6, 6.07) is 31.3. The molecule has 0 fully saturated rings. The Bertz CT molecular complexity index is 1920. The van der Waals surface area contributed by atoms with E-state index in [2.05, 4.69) is 95.8 Å². The standard InChI is InChI=1S/C31H20N4/c1-19-17-24-12-14-27(35-30(24)31-25(19)8-4-16-33-31)23-6-2-5-22(18-23)26-13-11-21-10-9-20-7-3-15-32-28(20)29(21)34-26/h2-18H,1H3. The van der Waals surface area contributed by atoms with Gasteiger partial charge in [-0.2, -0.15) is 0 Å². The molecule has 0 saturated heterocycles. The van der Waals surface area contributed by atoms with Crippen LogP contribution >= 0.6 is 0 Å². The quantitative estimate of drug-likeness (QED) is 0.257. The van der Waals surface area contributed by atoms with Crippen LogP contribution in [0.2, 0.25) is 0 Å². The second-order valence-corrected chi connectivity index (χ2v) is 8.85. The van der Waals surface area contributed by atoms with Crippen molar-refractivity contribution in [3.05, 3.63) is 109 Å². The van der Waals surface area contributed by atoms with Crippen molar-refractivity contribution in [3.8, 4) is 22.5 Å². The van der Waals surface area contributed by atoms with Gasteiger partial charge >= 0.3 is 0 Å². The fourth-order valence-electron chi connectivity index (χ4n) is 4.88. The smallest absolute Gasteiger partial charge is 0.0972 e. The molecule has 4 aromatic heterocycles. The van der Waals surface area contributed by atoms with E-state index in [1.807, 2.05) is 24.5 Å². The molecule has 3 aromatic carbocycles. The number of fused-ring (bicyclic) bond motifs is 6. The van der Waals surface area contributed by atoms with Crippen molar-refractivity contribution in [1.82, 2.24) is 19.9 Å². The Labute approximate surface area is 202 Å². The zero-order chi connectivity index (χ0) is 23.4. The number of aromatic nitrogens is 4. The second-order valence-electron chi connectivity index (χ2n) is 8.85. The van der Waals surface area contributed by atoms with Crippen LogP contribution < -0.4 is 0 Å². The average molecular weight is 449 g/mol. The van der Waals surface area contributed by atoms with E-state index < -0.39 is 0 Å².